The Labute approximate surface area is 121 Å². The van der Waals surface area contributed by atoms with Gasteiger partial charge >= 0.3 is 0 Å². The van der Waals surface area contributed by atoms with Crippen LogP contribution in [0, 0.1) is 10.1 Å². The van der Waals surface area contributed by atoms with Crippen molar-refractivity contribution in [2.24, 2.45) is 0 Å². The number of nitro groups is 1. The number of nitrogens with zero attached hydrogens (tertiary/aromatic N) is 1. The van der Waals surface area contributed by atoms with Crippen molar-refractivity contribution in [1.29, 1.82) is 0 Å². The molecule has 102 valence electrons. The van der Waals surface area contributed by atoms with Gasteiger partial charge in [0.05, 0.1) is 4.92 Å². The van der Waals surface area contributed by atoms with Gasteiger partial charge < -0.3 is 5.32 Å². The fraction of sp³-hybridized carbons (Fsp3) is 0.0714. The first-order valence-electron chi connectivity index (χ1n) is 5.87. The predicted octanol–water partition coefficient (Wildman–Crippen LogP) is 2.81. The van der Waals surface area contributed by atoms with Crippen molar-refractivity contribution < 1.29 is 9.72 Å². The highest BCUT2D eigenvalue weighted by atomic mass is 32.1. The van der Waals surface area contributed by atoms with Crippen LogP contribution >= 0.6 is 12.6 Å². The van der Waals surface area contributed by atoms with Gasteiger partial charge in [-0.3, -0.25) is 14.9 Å². The molecule has 0 spiro atoms. The van der Waals surface area contributed by atoms with Crippen LogP contribution in [0.5, 0.6) is 0 Å². The van der Waals surface area contributed by atoms with E-state index in [1.54, 1.807) is 36.4 Å². The number of benzene rings is 2. The molecule has 2 aromatic carbocycles. The molecule has 0 saturated carbocycles. The molecule has 0 aliphatic carbocycles. The van der Waals surface area contributed by atoms with E-state index in [1.807, 2.05) is 0 Å². The molecule has 20 heavy (non-hydrogen) atoms. The van der Waals surface area contributed by atoms with Gasteiger partial charge in [0.25, 0.3) is 11.6 Å². The normalized spacial score (nSPS) is 10.1. The number of thiol groups is 1. The molecule has 2 aromatic rings. The molecule has 0 aliphatic heterocycles. The molecule has 1 N–H and O–H groups in total. The number of hydrogen-bond acceptors (Lipinski definition) is 4. The first kappa shape index (κ1) is 14.1. The summed E-state index contributed by atoms with van der Waals surface area (Å²) in [5.41, 5.74) is 1.19. The number of rotatable bonds is 4. The highest BCUT2D eigenvalue weighted by Crippen LogP contribution is 2.13. The lowest BCUT2D eigenvalue weighted by Gasteiger charge is -2.06. The van der Waals surface area contributed by atoms with E-state index >= 15 is 0 Å². The number of nitro benzene ring substituents is 1. The highest BCUT2D eigenvalue weighted by molar-refractivity contribution is 7.80. The molecular formula is C14H12N2O3S. The zero-order valence-electron chi connectivity index (χ0n) is 10.4. The Balaban J connectivity index is 2.03. The van der Waals surface area contributed by atoms with Crippen molar-refractivity contribution in [2.45, 2.75) is 11.4 Å². The first-order chi connectivity index (χ1) is 9.56. The molecule has 0 saturated heterocycles. The summed E-state index contributed by atoms with van der Waals surface area (Å²) in [6.45, 7) is 0.233. The van der Waals surface area contributed by atoms with Gasteiger partial charge in [-0.15, -0.1) is 12.6 Å². The van der Waals surface area contributed by atoms with Gasteiger partial charge in [-0.1, -0.05) is 18.2 Å². The van der Waals surface area contributed by atoms with E-state index in [1.165, 1.54) is 12.1 Å². The standard InChI is InChI=1S/C14H12N2O3S/c17-14(11-4-2-6-13(20)8-11)15-9-10-3-1-5-12(7-10)16(18)19/h1-8,20H,9H2,(H,15,17). The summed E-state index contributed by atoms with van der Waals surface area (Å²) in [4.78, 5) is 22.8. The second kappa shape index (κ2) is 6.21. The number of nitrogens with one attached hydrogen (secondary N) is 1. The number of carbonyl (C=O) groups is 1. The number of carbonyl (C=O) groups excluding carboxylic acids is 1. The maximum Gasteiger partial charge on any atom is 0.269 e. The number of non-ortho nitro benzene ring substituents is 1. The summed E-state index contributed by atoms with van der Waals surface area (Å²) in [7, 11) is 0. The molecule has 0 atom stereocenters. The van der Waals surface area contributed by atoms with Crippen LogP contribution in [0.4, 0.5) is 5.69 Å². The van der Waals surface area contributed by atoms with E-state index < -0.39 is 4.92 Å². The summed E-state index contributed by atoms with van der Waals surface area (Å²) < 4.78 is 0. The molecule has 0 fully saturated rings. The Morgan fingerprint density at radius 1 is 1.20 bits per heavy atom. The van der Waals surface area contributed by atoms with Crippen LogP contribution in [-0.4, -0.2) is 10.8 Å². The second-order valence-corrected chi connectivity index (χ2v) is 4.68. The minimum atomic E-state index is -0.463. The van der Waals surface area contributed by atoms with Gasteiger partial charge in [-0.25, -0.2) is 0 Å². The number of hydrogen-bond donors (Lipinski definition) is 2. The van der Waals surface area contributed by atoms with Crippen LogP contribution in [0.2, 0.25) is 0 Å². The summed E-state index contributed by atoms with van der Waals surface area (Å²) in [5, 5.41) is 13.4. The Morgan fingerprint density at radius 2 is 1.95 bits per heavy atom. The lowest BCUT2D eigenvalue weighted by Crippen LogP contribution is -2.22. The molecular weight excluding hydrogens is 276 g/mol. The van der Waals surface area contributed by atoms with Crippen molar-refractivity contribution >= 4 is 24.2 Å². The minimum Gasteiger partial charge on any atom is -0.348 e. The molecule has 0 radical (unpaired) electrons. The third-order valence-corrected chi connectivity index (χ3v) is 2.96. The van der Waals surface area contributed by atoms with Crippen LogP contribution in [0.15, 0.2) is 53.4 Å². The average Bonchev–Trinajstić information content (AvgIpc) is 2.45. The summed E-state index contributed by atoms with van der Waals surface area (Å²) in [6, 6.07) is 13.0. The smallest absolute Gasteiger partial charge is 0.269 e. The molecule has 0 bridgehead atoms. The fourth-order valence-electron chi connectivity index (χ4n) is 1.71. The van der Waals surface area contributed by atoms with Gasteiger partial charge in [0.1, 0.15) is 0 Å². The molecule has 1 amide bonds. The van der Waals surface area contributed by atoms with Crippen molar-refractivity contribution in [1.82, 2.24) is 5.32 Å². The van der Waals surface area contributed by atoms with Crippen LogP contribution in [0.3, 0.4) is 0 Å². The molecule has 6 heteroatoms. The van der Waals surface area contributed by atoms with E-state index in [2.05, 4.69) is 17.9 Å². The second-order valence-electron chi connectivity index (χ2n) is 4.16. The third-order valence-electron chi connectivity index (χ3n) is 2.68. The van der Waals surface area contributed by atoms with Crippen molar-refractivity contribution in [3.05, 3.63) is 69.8 Å². The van der Waals surface area contributed by atoms with Gasteiger partial charge in [0, 0.05) is 29.1 Å². The summed E-state index contributed by atoms with van der Waals surface area (Å²) in [6.07, 6.45) is 0. The van der Waals surface area contributed by atoms with Crippen molar-refractivity contribution in [3.63, 3.8) is 0 Å². The van der Waals surface area contributed by atoms with E-state index in [9.17, 15) is 14.9 Å². The largest absolute Gasteiger partial charge is 0.348 e. The molecule has 5 nitrogen and oxygen atoms in total. The highest BCUT2D eigenvalue weighted by Gasteiger charge is 2.08. The Bertz CT molecular complexity index is 658. The van der Waals surface area contributed by atoms with Crippen LogP contribution < -0.4 is 5.32 Å². The third kappa shape index (κ3) is 3.58. The fourth-order valence-corrected chi connectivity index (χ4v) is 1.94. The summed E-state index contributed by atoms with van der Waals surface area (Å²) in [5.74, 6) is -0.243. The van der Waals surface area contributed by atoms with Crippen molar-refractivity contribution in [2.75, 3.05) is 0 Å². The zero-order valence-corrected chi connectivity index (χ0v) is 11.3. The van der Waals surface area contributed by atoms with Crippen LogP contribution in [-0.2, 0) is 6.54 Å². The molecule has 2 rings (SSSR count). The van der Waals surface area contributed by atoms with Crippen LogP contribution in [0.25, 0.3) is 0 Å². The van der Waals surface area contributed by atoms with E-state index in [0.29, 0.717) is 16.0 Å². The minimum absolute atomic E-state index is 0.00843. The number of amides is 1. The van der Waals surface area contributed by atoms with Gasteiger partial charge in [0.2, 0.25) is 0 Å². The quantitative estimate of drug-likeness (QED) is 0.516. The van der Waals surface area contributed by atoms with Gasteiger partial charge in [-0.05, 0) is 23.8 Å². The SMILES string of the molecule is O=C(NCc1cccc([N+](=O)[O-])c1)c1cccc(S)c1. The van der Waals surface area contributed by atoms with E-state index in [-0.39, 0.29) is 18.1 Å². The van der Waals surface area contributed by atoms with Gasteiger partial charge in [0.15, 0.2) is 0 Å². The Hall–Kier alpha value is -2.34. The van der Waals surface area contributed by atoms with Crippen LogP contribution in [0.1, 0.15) is 15.9 Å². The van der Waals surface area contributed by atoms with Gasteiger partial charge in [-0.2, -0.15) is 0 Å². The van der Waals surface area contributed by atoms with Crippen molar-refractivity contribution in [3.8, 4) is 0 Å². The monoisotopic (exact) mass is 288 g/mol. The topological polar surface area (TPSA) is 72.2 Å². The maximum atomic E-state index is 11.9. The van der Waals surface area contributed by atoms with E-state index in [0.717, 1.165) is 0 Å². The Morgan fingerprint density at radius 3 is 2.65 bits per heavy atom. The first-order valence-corrected chi connectivity index (χ1v) is 6.31. The molecule has 0 unspecified atom stereocenters. The zero-order chi connectivity index (χ0) is 14.5. The molecule has 0 heterocycles. The molecule has 0 aliphatic rings. The van der Waals surface area contributed by atoms with E-state index in [4.69, 9.17) is 0 Å². The lowest BCUT2D eigenvalue weighted by molar-refractivity contribution is -0.384. The lowest BCUT2D eigenvalue weighted by atomic mass is 10.2. The predicted molar refractivity (Wildman–Crippen MR) is 78.0 cm³/mol. The maximum absolute atomic E-state index is 11.9. The Kier molecular flexibility index (Phi) is 4.37. The summed E-state index contributed by atoms with van der Waals surface area (Å²) >= 11 is 4.17. The molecule has 0 aromatic heterocycles. The average molecular weight is 288 g/mol.